The molecule has 6 nitrogen and oxygen atoms in total. The number of amides is 1. The molecular weight excluding hydrogens is 316 g/mol. The van der Waals surface area contributed by atoms with Crippen LogP contribution in [-0.2, 0) is 10.0 Å². The molecule has 128 valence electrons. The molecule has 0 aromatic heterocycles. The minimum atomic E-state index is -3.59. The van der Waals surface area contributed by atoms with E-state index in [4.69, 9.17) is 0 Å². The van der Waals surface area contributed by atoms with Crippen LogP contribution in [0.4, 0.5) is 0 Å². The molecule has 0 bridgehead atoms. The summed E-state index contributed by atoms with van der Waals surface area (Å²) in [5.41, 5.74) is 0.983. The standard InChI is InChI=1S/C16H24N2O4S/c1-12-6-7-14(9-15(12)23(21,22)17(2)3)16(20)18-8-4-5-13(10-18)11-19/h6-7,9,13,19H,4-5,8,10-11H2,1-3H3. The number of sulfonamides is 1. The molecule has 1 N–H and O–H groups in total. The van der Waals surface area contributed by atoms with Crippen molar-refractivity contribution in [3.05, 3.63) is 29.3 Å². The molecule has 1 heterocycles. The third-order valence-electron chi connectivity index (χ3n) is 4.26. The summed E-state index contributed by atoms with van der Waals surface area (Å²) in [6, 6.07) is 4.78. The van der Waals surface area contributed by atoms with Gasteiger partial charge in [-0.25, -0.2) is 12.7 Å². The van der Waals surface area contributed by atoms with E-state index in [1.54, 1.807) is 24.0 Å². The Morgan fingerprint density at radius 2 is 2.09 bits per heavy atom. The Hall–Kier alpha value is -1.44. The minimum Gasteiger partial charge on any atom is -0.396 e. The summed E-state index contributed by atoms with van der Waals surface area (Å²) >= 11 is 0. The van der Waals surface area contributed by atoms with Gasteiger partial charge in [-0.15, -0.1) is 0 Å². The summed E-state index contributed by atoms with van der Waals surface area (Å²) in [5.74, 6) is -0.0820. The average molecular weight is 340 g/mol. The van der Waals surface area contributed by atoms with Crippen LogP contribution in [0.25, 0.3) is 0 Å². The number of nitrogens with zero attached hydrogens (tertiary/aromatic N) is 2. The molecular formula is C16H24N2O4S. The van der Waals surface area contributed by atoms with Crippen molar-refractivity contribution in [2.45, 2.75) is 24.7 Å². The maximum absolute atomic E-state index is 12.7. The predicted molar refractivity (Wildman–Crippen MR) is 87.8 cm³/mol. The van der Waals surface area contributed by atoms with Gasteiger partial charge < -0.3 is 10.0 Å². The quantitative estimate of drug-likeness (QED) is 0.890. The van der Waals surface area contributed by atoms with Crippen molar-refractivity contribution in [1.29, 1.82) is 0 Å². The van der Waals surface area contributed by atoms with Crippen molar-refractivity contribution in [2.24, 2.45) is 5.92 Å². The Bertz CT molecular complexity index is 685. The zero-order chi connectivity index (χ0) is 17.2. The van der Waals surface area contributed by atoms with E-state index in [0.717, 1.165) is 17.1 Å². The first-order valence-corrected chi connectivity index (χ1v) is 9.14. The van der Waals surface area contributed by atoms with E-state index in [1.165, 1.54) is 20.2 Å². The maximum atomic E-state index is 12.7. The Labute approximate surface area is 137 Å². The lowest BCUT2D eigenvalue weighted by Crippen LogP contribution is -2.41. The molecule has 1 saturated heterocycles. The fourth-order valence-electron chi connectivity index (χ4n) is 2.79. The highest BCUT2D eigenvalue weighted by molar-refractivity contribution is 7.89. The van der Waals surface area contributed by atoms with E-state index in [9.17, 15) is 18.3 Å². The Balaban J connectivity index is 2.32. The maximum Gasteiger partial charge on any atom is 0.253 e. The first kappa shape index (κ1) is 17.9. The fraction of sp³-hybridized carbons (Fsp3) is 0.562. The van der Waals surface area contributed by atoms with Gasteiger partial charge in [0.1, 0.15) is 0 Å². The average Bonchev–Trinajstić information content (AvgIpc) is 2.54. The lowest BCUT2D eigenvalue weighted by Gasteiger charge is -2.32. The van der Waals surface area contributed by atoms with Gasteiger partial charge in [-0.3, -0.25) is 4.79 Å². The first-order valence-electron chi connectivity index (χ1n) is 7.70. The third-order valence-corrected chi connectivity index (χ3v) is 6.22. The van der Waals surface area contributed by atoms with E-state index in [2.05, 4.69) is 0 Å². The van der Waals surface area contributed by atoms with Gasteiger partial charge >= 0.3 is 0 Å². The van der Waals surface area contributed by atoms with Crippen molar-refractivity contribution in [3.63, 3.8) is 0 Å². The van der Waals surface area contributed by atoms with Crippen LogP contribution >= 0.6 is 0 Å². The topological polar surface area (TPSA) is 77.9 Å². The summed E-state index contributed by atoms with van der Waals surface area (Å²) in [6.45, 7) is 2.93. The highest BCUT2D eigenvalue weighted by Crippen LogP contribution is 2.23. The molecule has 1 amide bonds. The molecule has 1 aliphatic heterocycles. The van der Waals surface area contributed by atoms with Gasteiger partial charge in [0.25, 0.3) is 5.91 Å². The lowest BCUT2D eigenvalue weighted by atomic mass is 9.98. The van der Waals surface area contributed by atoms with Crippen LogP contribution < -0.4 is 0 Å². The normalized spacial score (nSPS) is 19.2. The molecule has 23 heavy (non-hydrogen) atoms. The summed E-state index contributed by atoms with van der Waals surface area (Å²) in [6.07, 6.45) is 1.76. The molecule has 0 radical (unpaired) electrons. The number of likely N-dealkylation sites (tertiary alicyclic amines) is 1. The smallest absolute Gasteiger partial charge is 0.253 e. The minimum absolute atomic E-state index is 0.0674. The Morgan fingerprint density at radius 3 is 2.70 bits per heavy atom. The zero-order valence-corrected chi connectivity index (χ0v) is 14.6. The molecule has 1 aromatic rings. The number of hydrogen-bond donors (Lipinski definition) is 1. The lowest BCUT2D eigenvalue weighted by molar-refractivity contribution is 0.0620. The van der Waals surface area contributed by atoms with Gasteiger partial charge in [0.05, 0.1) is 4.90 Å². The Kier molecular flexibility index (Phi) is 5.44. The number of carbonyl (C=O) groups is 1. The number of aliphatic hydroxyl groups excluding tert-OH is 1. The summed E-state index contributed by atoms with van der Waals surface area (Å²) < 4.78 is 25.9. The summed E-state index contributed by atoms with van der Waals surface area (Å²) in [5, 5.41) is 9.29. The molecule has 0 saturated carbocycles. The van der Waals surface area contributed by atoms with Crippen molar-refractivity contribution in [1.82, 2.24) is 9.21 Å². The van der Waals surface area contributed by atoms with E-state index in [1.807, 2.05) is 0 Å². The number of benzene rings is 1. The number of rotatable bonds is 4. The second-order valence-corrected chi connectivity index (χ2v) is 8.33. The number of carbonyl (C=O) groups excluding carboxylic acids is 1. The van der Waals surface area contributed by atoms with Crippen LogP contribution in [0, 0.1) is 12.8 Å². The van der Waals surface area contributed by atoms with Crippen molar-refractivity contribution >= 4 is 15.9 Å². The largest absolute Gasteiger partial charge is 0.396 e. The Morgan fingerprint density at radius 1 is 1.39 bits per heavy atom. The van der Waals surface area contributed by atoms with Crippen LogP contribution in [0.2, 0.25) is 0 Å². The van der Waals surface area contributed by atoms with Crippen LogP contribution in [0.3, 0.4) is 0 Å². The number of piperidine rings is 1. The van der Waals surface area contributed by atoms with E-state index < -0.39 is 10.0 Å². The first-order chi connectivity index (χ1) is 10.8. The van der Waals surface area contributed by atoms with E-state index in [0.29, 0.717) is 24.2 Å². The molecule has 2 rings (SSSR count). The highest BCUT2D eigenvalue weighted by atomic mass is 32.2. The van der Waals surface area contributed by atoms with Gasteiger partial charge in [-0.05, 0) is 43.4 Å². The van der Waals surface area contributed by atoms with Crippen LogP contribution in [0.15, 0.2) is 23.1 Å². The fourth-order valence-corrected chi connectivity index (χ4v) is 3.93. The zero-order valence-electron chi connectivity index (χ0n) is 13.8. The molecule has 7 heteroatoms. The third kappa shape index (κ3) is 3.73. The summed E-state index contributed by atoms with van der Waals surface area (Å²) in [4.78, 5) is 14.5. The number of aryl methyl sites for hydroxylation is 1. The molecule has 0 spiro atoms. The van der Waals surface area contributed by atoms with Gasteiger partial charge in [0, 0.05) is 39.4 Å². The van der Waals surface area contributed by atoms with E-state index in [-0.39, 0.29) is 23.3 Å². The number of aliphatic hydroxyl groups is 1. The van der Waals surface area contributed by atoms with Crippen LogP contribution in [0.5, 0.6) is 0 Å². The van der Waals surface area contributed by atoms with Gasteiger partial charge in [-0.2, -0.15) is 0 Å². The highest BCUT2D eigenvalue weighted by Gasteiger charge is 2.26. The second kappa shape index (κ2) is 6.98. The predicted octanol–water partition coefficient (Wildman–Crippen LogP) is 1.09. The molecule has 0 aliphatic carbocycles. The van der Waals surface area contributed by atoms with Crippen molar-refractivity contribution < 1.29 is 18.3 Å². The number of hydrogen-bond acceptors (Lipinski definition) is 4. The van der Waals surface area contributed by atoms with Gasteiger partial charge in [-0.1, -0.05) is 6.07 Å². The molecule has 1 fully saturated rings. The monoisotopic (exact) mass is 340 g/mol. The molecule has 1 aromatic carbocycles. The van der Waals surface area contributed by atoms with Gasteiger partial charge in [0.15, 0.2) is 0 Å². The summed E-state index contributed by atoms with van der Waals surface area (Å²) in [7, 11) is -0.643. The van der Waals surface area contributed by atoms with E-state index >= 15 is 0 Å². The van der Waals surface area contributed by atoms with Crippen molar-refractivity contribution in [3.8, 4) is 0 Å². The molecule has 1 aliphatic rings. The molecule has 1 unspecified atom stereocenters. The van der Waals surface area contributed by atoms with Crippen LogP contribution in [-0.4, -0.2) is 62.4 Å². The molecule has 1 atom stereocenters. The van der Waals surface area contributed by atoms with Crippen LogP contribution in [0.1, 0.15) is 28.8 Å². The van der Waals surface area contributed by atoms with Crippen molar-refractivity contribution in [2.75, 3.05) is 33.8 Å². The SMILES string of the molecule is Cc1ccc(C(=O)N2CCCC(CO)C2)cc1S(=O)(=O)N(C)C. The van der Waals surface area contributed by atoms with Gasteiger partial charge in [0.2, 0.25) is 10.0 Å². The second-order valence-electron chi connectivity index (χ2n) is 6.21.